The highest BCUT2D eigenvalue weighted by Gasteiger charge is 2.39. The van der Waals surface area contributed by atoms with Gasteiger partial charge in [0, 0.05) is 17.8 Å². The molecule has 1 aliphatic rings. The normalized spacial score (nSPS) is 22.1. The van der Waals surface area contributed by atoms with Gasteiger partial charge in [-0.15, -0.1) is 10.2 Å². The Morgan fingerprint density at radius 3 is 2.64 bits per heavy atom. The number of fused-ring (bicyclic) bond motifs is 1. The molecule has 0 bridgehead atoms. The standard InChI is InChI=1S/C19H19F3N4O2/c1-18(27)9-11(10-18)23-17-25-24-16(15-4-3-7-26(15)17)13-6-5-12(28-2)8-14(13)19(20,21)22/h3-8,11,27H,9-10H2,1-2H3,(H,23,25). The van der Waals surface area contributed by atoms with Crippen LogP contribution in [0.5, 0.6) is 5.75 Å². The van der Waals surface area contributed by atoms with Crippen LogP contribution >= 0.6 is 0 Å². The summed E-state index contributed by atoms with van der Waals surface area (Å²) in [6, 6.07) is 7.22. The van der Waals surface area contributed by atoms with Crippen molar-refractivity contribution in [2.75, 3.05) is 12.4 Å². The van der Waals surface area contributed by atoms with Crippen LogP contribution < -0.4 is 10.1 Å². The fourth-order valence-electron chi connectivity index (χ4n) is 3.62. The van der Waals surface area contributed by atoms with E-state index in [1.807, 2.05) is 0 Å². The number of methoxy groups -OCH3 is 1. The van der Waals surface area contributed by atoms with Crippen molar-refractivity contribution in [1.82, 2.24) is 14.6 Å². The monoisotopic (exact) mass is 392 g/mol. The fraction of sp³-hybridized carbons (Fsp3) is 0.368. The number of anilines is 1. The van der Waals surface area contributed by atoms with E-state index in [0.29, 0.717) is 24.3 Å². The fourth-order valence-corrected chi connectivity index (χ4v) is 3.62. The third kappa shape index (κ3) is 3.26. The summed E-state index contributed by atoms with van der Waals surface area (Å²) >= 11 is 0. The molecule has 0 saturated heterocycles. The number of benzene rings is 1. The van der Waals surface area contributed by atoms with Gasteiger partial charge in [-0.1, -0.05) is 0 Å². The maximum Gasteiger partial charge on any atom is 0.417 e. The molecule has 2 N–H and O–H groups in total. The number of nitrogens with zero attached hydrogens (tertiary/aromatic N) is 3. The van der Waals surface area contributed by atoms with Gasteiger partial charge in [-0.05, 0) is 50.1 Å². The van der Waals surface area contributed by atoms with E-state index in [1.54, 1.807) is 29.7 Å². The summed E-state index contributed by atoms with van der Waals surface area (Å²) in [6.07, 6.45) is -1.72. The van der Waals surface area contributed by atoms with Gasteiger partial charge >= 0.3 is 6.18 Å². The Balaban J connectivity index is 1.77. The van der Waals surface area contributed by atoms with Crippen LogP contribution in [0.1, 0.15) is 25.3 Å². The van der Waals surface area contributed by atoms with Crippen LogP contribution in [-0.4, -0.2) is 38.5 Å². The molecule has 0 aliphatic heterocycles. The molecule has 4 rings (SSSR count). The SMILES string of the molecule is COc1ccc(-c2nnc(NC3CC(C)(O)C3)n3cccc23)c(C(F)(F)F)c1. The average Bonchev–Trinajstić information content (AvgIpc) is 3.09. The summed E-state index contributed by atoms with van der Waals surface area (Å²) < 4.78 is 47.4. The molecular formula is C19H19F3N4O2. The molecule has 0 amide bonds. The molecule has 1 saturated carbocycles. The topological polar surface area (TPSA) is 71.7 Å². The maximum absolute atomic E-state index is 13.6. The molecule has 28 heavy (non-hydrogen) atoms. The number of rotatable bonds is 4. The van der Waals surface area contributed by atoms with E-state index in [0.717, 1.165) is 6.07 Å². The van der Waals surface area contributed by atoms with Crippen LogP contribution in [0.3, 0.4) is 0 Å². The highest BCUT2D eigenvalue weighted by molar-refractivity contribution is 5.80. The van der Waals surface area contributed by atoms with Gasteiger partial charge < -0.3 is 15.2 Å². The molecule has 0 unspecified atom stereocenters. The molecule has 6 nitrogen and oxygen atoms in total. The molecule has 9 heteroatoms. The van der Waals surface area contributed by atoms with Crippen molar-refractivity contribution in [1.29, 1.82) is 0 Å². The Morgan fingerprint density at radius 2 is 2.00 bits per heavy atom. The van der Waals surface area contributed by atoms with E-state index >= 15 is 0 Å². The van der Waals surface area contributed by atoms with Gasteiger partial charge in [0.25, 0.3) is 0 Å². The average molecular weight is 392 g/mol. The van der Waals surface area contributed by atoms with Crippen LogP contribution in [0.2, 0.25) is 0 Å². The Bertz CT molecular complexity index is 1020. The van der Waals surface area contributed by atoms with Crippen LogP contribution in [-0.2, 0) is 6.18 Å². The molecule has 0 radical (unpaired) electrons. The van der Waals surface area contributed by atoms with E-state index in [4.69, 9.17) is 4.74 Å². The molecule has 1 fully saturated rings. The Labute approximate surface area is 159 Å². The number of ether oxygens (including phenoxy) is 1. The highest BCUT2D eigenvalue weighted by Crippen LogP contribution is 2.40. The predicted octanol–water partition coefficient (Wildman–Crippen LogP) is 3.75. The zero-order chi connectivity index (χ0) is 20.1. The number of halogens is 3. The second-order valence-corrected chi connectivity index (χ2v) is 7.29. The molecule has 1 aliphatic carbocycles. The van der Waals surface area contributed by atoms with Crippen molar-refractivity contribution in [3.8, 4) is 17.0 Å². The molecule has 3 aromatic rings. The van der Waals surface area contributed by atoms with Gasteiger partial charge in [0.15, 0.2) is 0 Å². The van der Waals surface area contributed by atoms with Gasteiger partial charge in [-0.3, -0.25) is 4.40 Å². The second-order valence-electron chi connectivity index (χ2n) is 7.29. The van der Waals surface area contributed by atoms with E-state index in [-0.39, 0.29) is 23.0 Å². The van der Waals surface area contributed by atoms with Crippen LogP contribution in [0.15, 0.2) is 36.5 Å². The number of hydrogen-bond donors (Lipinski definition) is 2. The van der Waals surface area contributed by atoms with E-state index in [9.17, 15) is 18.3 Å². The number of aromatic nitrogens is 3. The largest absolute Gasteiger partial charge is 0.497 e. The van der Waals surface area contributed by atoms with Crippen molar-refractivity contribution in [2.45, 2.75) is 37.6 Å². The summed E-state index contributed by atoms with van der Waals surface area (Å²) in [5.74, 6) is 0.539. The van der Waals surface area contributed by atoms with Gasteiger partial charge in [-0.2, -0.15) is 13.2 Å². The Hall–Kier alpha value is -2.81. The highest BCUT2D eigenvalue weighted by atomic mass is 19.4. The Kier molecular flexibility index (Phi) is 4.22. The van der Waals surface area contributed by atoms with Crippen molar-refractivity contribution in [3.05, 3.63) is 42.1 Å². The van der Waals surface area contributed by atoms with E-state index < -0.39 is 17.3 Å². The molecule has 148 valence electrons. The predicted molar refractivity (Wildman–Crippen MR) is 97.2 cm³/mol. The lowest BCUT2D eigenvalue weighted by Crippen LogP contribution is -2.48. The summed E-state index contributed by atoms with van der Waals surface area (Å²) in [5, 5.41) is 21.3. The van der Waals surface area contributed by atoms with Crippen molar-refractivity contribution >= 4 is 11.5 Å². The number of alkyl halides is 3. The maximum atomic E-state index is 13.6. The van der Waals surface area contributed by atoms with Crippen LogP contribution in [0.25, 0.3) is 16.8 Å². The lowest BCUT2D eigenvalue weighted by atomic mass is 9.77. The van der Waals surface area contributed by atoms with E-state index in [2.05, 4.69) is 15.5 Å². The second kappa shape index (κ2) is 6.37. The molecule has 0 atom stereocenters. The minimum atomic E-state index is -4.57. The van der Waals surface area contributed by atoms with Crippen LogP contribution in [0.4, 0.5) is 19.1 Å². The van der Waals surface area contributed by atoms with E-state index in [1.165, 1.54) is 19.2 Å². The zero-order valence-electron chi connectivity index (χ0n) is 15.3. The first-order valence-electron chi connectivity index (χ1n) is 8.76. The van der Waals surface area contributed by atoms with Gasteiger partial charge in [0.2, 0.25) is 5.95 Å². The first-order chi connectivity index (χ1) is 13.2. The zero-order valence-corrected chi connectivity index (χ0v) is 15.3. The molecular weight excluding hydrogens is 373 g/mol. The van der Waals surface area contributed by atoms with Crippen LogP contribution in [0, 0.1) is 0 Å². The molecule has 2 heterocycles. The van der Waals surface area contributed by atoms with Crippen molar-refractivity contribution < 1.29 is 23.0 Å². The smallest absolute Gasteiger partial charge is 0.417 e. The summed E-state index contributed by atoms with van der Waals surface area (Å²) in [4.78, 5) is 0. The number of nitrogens with one attached hydrogen (secondary N) is 1. The first kappa shape index (κ1) is 18.5. The summed E-state index contributed by atoms with van der Waals surface area (Å²) in [5.41, 5.74) is -0.973. The van der Waals surface area contributed by atoms with Crippen molar-refractivity contribution in [3.63, 3.8) is 0 Å². The lowest BCUT2D eigenvalue weighted by Gasteiger charge is -2.41. The minimum absolute atomic E-state index is 0.0347. The minimum Gasteiger partial charge on any atom is -0.497 e. The van der Waals surface area contributed by atoms with Crippen molar-refractivity contribution in [2.24, 2.45) is 0 Å². The summed E-state index contributed by atoms with van der Waals surface area (Å²) in [6.45, 7) is 1.76. The van der Waals surface area contributed by atoms with Gasteiger partial charge in [0.05, 0.1) is 23.8 Å². The first-order valence-corrected chi connectivity index (χ1v) is 8.76. The quantitative estimate of drug-likeness (QED) is 0.708. The number of aliphatic hydroxyl groups is 1. The third-order valence-electron chi connectivity index (χ3n) is 4.96. The molecule has 1 aromatic carbocycles. The summed E-state index contributed by atoms with van der Waals surface area (Å²) in [7, 11) is 1.32. The Morgan fingerprint density at radius 1 is 1.25 bits per heavy atom. The lowest BCUT2D eigenvalue weighted by molar-refractivity contribution is -0.137. The third-order valence-corrected chi connectivity index (χ3v) is 4.96. The number of hydrogen-bond acceptors (Lipinski definition) is 5. The molecule has 0 spiro atoms. The van der Waals surface area contributed by atoms with Gasteiger partial charge in [0.1, 0.15) is 11.4 Å². The molecule has 2 aromatic heterocycles. The van der Waals surface area contributed by atoms with Gasteiger partial charge in [-0.25, -0.2) is 0 Å².